The number of ether oxygens (including phenoxy) is 1. The summed E-state index contributed by atoms with van der Waals surface area (Å²) < 4.78 is 11.1. The van der Waals surface area contributed by atoms with Gasteiger partial charge in [0.15, 0.2) is 5.76 Å². The van der Waals surface area contributed by atoms with Crippen LogP contribution in [0.25, 0.3) is 11.0 Å². The van der Waals surface area contributed by atoms with Gasteiger partial charge in [0.1, 0.15) is 5.76 Å². The van der Waals surface area contributed by atoms with Gasteiger partial charge in [-0.05, 0) is 18.6 Å². The van der Waals surface area contributed by atoms with Crippen molar-refractivity contribution in [3.05, 3.63) is 64.0 Å². The average molecular weight is 395 g/mol. The lowest BCUT2D eigenvalue weighted by molar-refractivity contribution is -0.135. The van der Waals surface area contributed by atoms with Gasteiger partial charge in [-0.15, -0.1) is 0 Å². The Kier molecular flexibility index (Phi) is 5.26. The van der Waals surface area contributed by atoms with Crippen molar-refractivity contribution in [2.24, 2.45) is 0 Å². The van der Waals surface area contributed by atoms with Crippen LogP contribution in [0, 0.1) is 6.92 Å². The van der Waals surface area contributed by atoms with Crippen LogP contribution in [0.1, 0.15) is 29.4 Å². The highest BCUT2D eigenvalue weighted by molar-refractivity contribution is 5.82. The second-order valence-electron chi connectivity index (χ2n) is 6.96. The third-order valence-corrected chi connectivity index (χ3v) is 5.04. The van der Waals surface area contributed by atoms with E-state index in [4.69, 9.17) is 9.15 Å². The van der Waals surface area contributed by atoms with Gasteiger partial charge in [-0.25, -0.2) is 0 Å². The van der Waals surface area contributed by atoms with Crippen molar-refractivity contribution in [3.8, 4) is 5.75 Å². The highest BCUT2D eigenvalue weighted by Crippen LogP contribution is 2.36. The van der Waals surface area contributed by atoms with Crippen LogP contribution in [0.5, 0.6) is 5.75 Å². The molecule has 1 N–H and O–H groups in total. The Morgan fingerprint density at radius 1 is 1.24 bits per heavy atom. The minimum atomic E-state index is -0.682. The van der Waals surface area contributed by atoms with Crippen LogP contribution in [-0.4, -0.2) is 52.2 Å². The van der Waals surface area contributed by atoms with E-state index >= 15 is 0 Å². The number of aromatic nitrogens is 2. The van der Waals surface area contributed by atoms with Gasteiger partial charge in [0.25, 0.3) is 0 Å². The number of aryl methyl sites for hydroxylation is 1. The molecule has 2 aromatic heterocycles. The Morgan fingerprint density at radius 2 is 2.00 bits per heavy atom. The number of hydrogen-bond acceptors (Lipinski definition) is 7. The summed E-state index contributed by atoms with van der Waals surface area (Å²) >= 11 is 0. The maximum atomic E-state index is 13.0. The third-order valence-electron chi connectivity index (χ3n) is 5.04. The van der Waals surface area contributed by atoms with E-state index in [0.717, 1.165) is 0 Å². The Morgan fingerprint density at radius 3 is 2.79 bits per heavy atom. The van der Waals surface area contributed by atoms with Gasteiger partial charge in [-0.1, -0.05) is 12.1 Å². The smallest absolute Gasteiger partial charge is 0.227 e. The van der Waals surface area contributed by atoms with E-state index in [0.29, 0.717) is 48.7 Å². The van der Waals surface area contributed by atoms with Gasteiger partial charge >= 0.3 is 0 Å². The molecular formula is C21H21N3O5. The molecule has 1 aliphatic heterocycles. The van der Waals surface area contributed by atoms with E-state index in [1.54, 1.807) is 24.2 Å². The predicted octanol–water partition coefficient (Wildman–Crippen LogP) is 1.98. The molecule has 8 nitrogen and oxygen atoms in total. The van der Waals surface area contributed by atoms with Gasteiger partial charge in [0.05, 0.1) is 30.2 Å². The topological polar surface area (TPSA) is 106 Å². The standard InChI is InChI=1S/C21H21N3O5/c1-13-11-17(25)20(27)21(29-13)15(12-18(26)24-7-9-28-10-8-24)14-3-2-4-16-19(14)23-6-5-22-16/h2-6,11,15,27H,7-10,12H2,1H3. The molecule has 1 aromatic carbocycles. The van der Waals surface area contributed by atoms with Crippen molar-refractivity contribution in [2.75, 3.05) is 26.3 Å². The van der Waals surface area contributed by atoms with Crippen LogP contribution < -0.4 is 5.43 Å². The zero-order valence-electron chi connectivity index (χ0n) is 16.0. The number of para-hydroxylation sites is 1. The number of amides is 1. The summed E-state index contributed by atoms with van der Waals surface area (Å²) in [5.74, 6) is -0.856. The molecule has 8 heteroatoms. The first-order chi connectivity index (χ1) is 14.0. The molecule has 1 aliphatic rings. The summed E-state index contributed by atoms with van der Waals surface area (Å²) in [5.41, 5.74) is 1.38. The largest absolute Gasteiger partial charge is 0.502 e. The number of aromatic hydroxyl groups is 1. The minimum absolute atomic E-state index is 0.0235. The molecule has 1 atom stereocenters. The lowest BCUT2D eigenvalue weighted by Gasteiger charge is -2.28. The molecule has 1 saturated heterocycles. The molecule has 0 radical (unpaired) electrons. The number of benzene rings is 1. The fraction of sp³-hybridized carbons (Fsp3) is 0.333. The molecule has 4 rings (SSSR count). The first-order valence-corrected chi connectivity index (χ1v) is 9.43. The van der Waals surface area contributed by atoms with Crippen molar-refractivity contribution < 1.29 is 19.1 Å². The normalized spacial score (nSPS) is 15.4. The molecular weight excluding hydrogens is 374 g/mol. The van der Waals surface area contributed by atoms with E-state index in [-0.39, 0.29) is 18.1 Å². The van der Waals surface area contributed by atoms with Crippen LogP contribution in [0.4, 0.5) is 0 Å². The summed E-state index contributed by atoms with van der Waals surface area (Å²) in [6.45, 7) is 3.62. The highest BCUT2D eigenvalue weighted by atomic mass is 16.5. The van der Waals surface area contributed by atoms with Gasteiger partial charge in [-0.2, -0.15) is 0 Å². The zero-order chi connectivity index (χ0) is 20.4. The Labute approximate surface area is 166 Å². The van der Waals surface area contributed by atoms with E-state index < -0.39 is 17.1 Å². The molecule has 1 unspecified atom stereocenters. The molecule has 0 aliphatic carbocycles. The van der Waals surface area contributed by atoms with Crippen molar-refractivity contribution in [3.63, 3.8) is 0 Å². The van der Waals surface area contributed by atoms with Crippen LogP contribution in [0.15, 0.2) is 45.9 Å². The average Bonchev–Trinajstić information content (AvgIpc) is 2.75. The molecule has 0 saturated carbocycles. The number of fused-ring (bicyclic) bond motifs is 1. The lowest BCUT2D eigenvalue weighted by Crippen LogP contribution is -2.41. The molecule has 1 amide bonds. The number of morpholine rings is 1. The predicted molar refractivity (Wildman–Crippen MR) is 105 cm³/mol. The second-order valence-corrected chi connectivity index (χ2v) is 6.96. The van der Waals surface area contributed by atoms with Gasteiger partial charge in [0.2, 0.25) is 17.1 Å². The fourth-order valence-corrected chi connectivity index (χ4v) is 3.62. The maximum absolute atomic E-state index is 13.0. The fourth-order valence-electron chi connectivity index (χ4n) is 3.62. The summed E-state index contributed by atoms with van der Waals surface area (Å²) in [6, 6.07) is 6.67. The monoisotopic (exact) mass is 395 g/mol. The number of carbonyl (C=O) groups excluding carboxylic acids is 1. The number of hydrogen-bond donors (Lipinski definition) is 1. The van der Waals surface area contributed by atoms with Crippen molar-refractivity contribution >= 4 is 16.9 Å². The van der Waals surface area contributed by atoms with Crippen molar-refractivity contribution in [1.29, 1.82) is 0 Å². The molecule has 3 heterocycles. The SMILES string of the molecule is Cc1cc(=O)c(O)c(C(CC(=O)N2CCOCC2)c2cccc3nccnc23)o1. The number of carbonyl (C=O) groups is 1. The molecule has 29 heavy (non-hydrogen) atoms. The van der Waals surface area contributed by atoms with Crippen LogP contribution in [0.3, 0.4) is 0 Å². The molecule has 0 spiro atoms. The third kappa shape index (κ3) is 3.84. The Bertz CT molecular complexity index is 1100. The highest BCUT2D eigenvalue weighted by Gasteiger charge is 2.30. The maximum Gasteiger partial charge on any atom is 0.227 e. The minimum Gasteiger partial charge on any atom is -0.502 e. The van der Waals surface area contributed by atoms with Gasteiger partial charge in [0, 0.05) is 38.0 Å². The van der Waals surface area contributed by atoms with Crippen LogP contribution >= 0.6 is 0 Å². The van der Waals surface area contributed by atoms with E-state index in [1.807, 2.05) is 18.2 Å². The Balaban J connectivity index is 1.83. The molecule has 3 aromatic rings. The summed E-state index contributed by atoms with van der Waals surface area (Å²) in [6.07, 6.45) is 3.18. The molecule has 150 valence electrons. The van der Waals surface area contributed by atoms with Crippen LogP contribution in [-0.2, 0) is 9.53 Å². The number of rotatable bonds is 4. The Hall–Kier alpha value is -3.26. The summed E-state index contributed by atoms with van der Waals surface area (Å²) in [4.78, 5) is 35.7. The molecule has 1 fully saturated rings. The van der Waals surface area contributed by atoms with Gasteiger partial charge in [-0.3, -0.25) is 19.6 Å². The van der Waals surface area contributed by atoms with E-state index in [2.05, 4.69) is 9.97 Å². The first-order valence-electron chi connectivity index (χ1n) is 9.43. The summed E-state index contributed by atoms with van der Waals surface area (Å²) in [5, 5.41) is 10.5. The van der Waals surface area contributed by atoms with Gasteiger partial charge < -0.3 is 19.2 Å². The lowest BCUT2D eigenvalue weighted by atomic mass is 9.90. The quantitative estimate of drug-likeness (QED) is 0.720. The first kappa shape index (κ1) is 19.1. The second kappa shape index (κ2) is 8.00. The van der Waals surface area contributed by atoms with Crippen molar-refractivity contribution in [2.45, 2.75) is 19.3 Å². The van der Waals surface area contributed by atoms with Crippen molar-refractivity contribution in [1.82, 2.24) is 14.9 Å². The number of nitrogens with zero attached hydrogens (tertiary/aromatic N) is 3. The van der Waals surface area contributed by atoms with Crippen LogP contribution in [0.2, 0.25) is 0 Å². The van der Waals surface area contributed by atoms with E-state index in [1.165, 1.54) is 6.07 Å². The zero-order valence-corrected chi connectivity index (χ0v) is 16.0. The summed E-state index contributed by atoms with van der Waals surface area (Å²) in [7, 11) is 0. The van der Waals surface area contributed by atoms with E-state index in [9.17, 15) is 14.7 Å². The molecule has 0 bridgehead atoms.